The maximum atomic E-state index is 12.7. The summed E-state index contributed by atoms with van der Waals surface area (Å²) >= 11 is 1.43. The van der Waals surface area contributed by atoms with Crippen LogP contribution in [0.3, 0.4) is 0 Å². The molecule has 0 aliphatic rings. The van der Waals surface area contributed by atoms with Gasteiger partial charge in [0.1, 0.15) is 5.82 Å². The second kappa shape index (κ2) is 6.29. The fourth-order valence-corrected chi connectivity index (χ4v) is 2.26. The summed E-state index contributed by atoms with van der Waals surface area (Å²) in [6, 6.07) is 6.25. The number of aryl methyl sites for hydroxylation is 1. The largest absolute Gasteiger partial charge is 0.481 e. The summed E-state index contributed by atoms with van der Waals surface area (Å²) in [7, 11) is 0. The Balaban J connectivity index is 1.86. The van der Waals surface area contributed by atoms with Gasteiger partial charge in [-0.05, 0) is 17.7 Å². The predicted molar refractivity (Wildman–Crippen MR) is 71.8 cm³/mol. The van der Waals surface area contributed by atoms with Gasteiger partial charge in [0, 0.05) is 18.3 Å². The molecular formula is C13H13FN2O2S. The van der Waals surface area contributed by atoms with E-state index in [2.05, 4.69) is 10.3 Å². The lowest BCUT2D eigenvalue weighted by Crippen LogP contribution is -2.00. The first kappa shape index (κ1) is 13.5. The SMILES string of the molecule is O=C(O)CCc1csc(NCc2ccc(F)cc2)n1. The number of carboxylic acids is 1. The number of carbonyl (C=O) groups is 1. The van der Waals surface area contributed by atoms with Gasteiger partial charge < -0.3 is 10.4 Å². The molecule has 0 spiro atoms. The van der Waals surface area contributed by atoms with Crippen molar-refractivity contribution in [1.29, 1.82) is 0 Å². The third kappa shape index (κ3) is 4.33. The molecule has 0 unspecified atom stereocenters. The van der Waals surface area contributed by atoms with Crippen molar-refractivity contribution in [1.82, 2.24) is 4.98 Å². The molecule has 2 aromatic rings. The summed E-state index contributed by atoms with van der Waals surface area (Å²) in [6.45, 7) is 0.562. The minimum Gasteiger partial charge on any atom is -0.481 e. The summed E-state index contributed by atoms with van der Waals surface area (Å²) in [4.78, 5) is 14.7. The Labute approximate surface area is 113 Å². The Morgan fingerprint density at radius 3 is 2.79 bits per heavy atom. The topological polar surface area (TPSA) is 62.2 Å². The number of nitrogens with zero attached hydrogens (tertiary/aromatic N) is 1. The minimum absolute atomic E-state index is 0.0845. The Kier molecular flexibility index (Phi) is 4.46. The van der Waals surface area contributed by atoms with Crippen molar-refractivity contribution < 1.29 is 14.3 Å². The highest BCUT2D eigenvalue weighted by atomic mass is 32.1. The monoisotopic (exact) mass is 280 g/mol. The van der Waals surface area contributed by atoms with Crippen molar-refractivity contribution in [2.45, 2.75) is 19.4 Å². The van der Waals surface area contributed by atoms with E-state index in [9.17, 15) is 9.18 Å². The highest BCUT2D eigenvalue weighted by Gasteiger charge is 2.04. The lowest BCUT2D eigenvalue weighted by Gasteiger charge is -2.02. The number of anilines is 1. The molecule has 2 rings (SSSR count). The number of carboxylic acid groups (broad SMARTS) is 1. The Morgan fingerprint density at radius 2 is 2.11 bits per heavy atom. The zero-order valence-electron chi connectivity index (χ0n) is 10.1. The van der Waals surface area contributed by atoms with Crippen LogP contribution in [-0.2, 0) is 17.8 Å². The van der Waals surface area contributed by atoms with E-state index in [1.165, 1.54) is 23.5 Å². The fourth-order valence-electron chi connectivity index (χ4n) is 1.52. The van der Waals surface area contributed by atoms with Gasteiger partial charge in [0.25, 0.3) is 0 Å². The number of aliphatic carboxylic acids is 1. The first-order chi connectivity index (χ1) is 9.13. The van der Waals surface area contributed by atoms with Gasteiger partial charge in [0.15, 0.2) is 5.13 Å². The van der Waals surface area contributed by atoms with E-state index in [1.807, 2.05) is 5.38 Å². The highest BCUT2D eigenvalue weighted by molar-refractivity contribution is 7.13. The molecule has 0 atom stereocenters. The Hall–Kier alpha value is -1.95. The molecule has 100 valence electrons. The zero-order valence-corrected chi connectivity index (χ0v) is 10.9. The van der Waals surface area contributed by atoms with Gasteiger partial charge in [-0.2, -0.15) is 0 Å². The van der Waals surface area contributed by atoms with Gasteiger partial charge in [-0.1, -0.05) is 12.1 Å². The number of thiazole rings is 1. The molecule has 1 aromatic carbocycles. The van der Waals surface area contributed by atoms with E-state index in [-0.39, 0.29) is 12.2 Å². The lowest BCUT2D eigenvalue weighted by atomic mass is 10.2. The molecule has 1 heterocycles. The van der Waals surface area contributed by atoms with Gasteiger partial charge in [-0.3, -0.25) is 4.79 Å². The van der Waals surface area contributed by atoms with E-state index in [4.69, 9.17) is 5.11 Å². The zero-order chi connectivity index (χ0) is 13.7. The van der Waals surface area contributed by atoms with Crippen molar-refractivity contribution >= 4 is 22.4 Å². The second-order valence-electron chi connectivity index (χ2n) is 4.02. The average molecular weight is 280 g/mol. The van der Waals surface area contributed by atoms with Crippen LogP contribution in [-0.4, -0.2) is 16.1 Å². The molecule has 0 saturated heterocycles. The van der Waals surface area contributed by atoms with Crippen molar-refractivity contribution in [3.05, 3.63) is 46.7 Å². The molecule has 2 N–H and O–H groups in total. The van der Waals surface area contributed by atoms with Crippen LogP contribution in [0.4, 0.5) is 9.52 Å². The smallest absolute Gasteiger partial charge is 0.303 e. The fraction of sp³-hybridized carbons (Fsp3) is 0.231. The summed E-state index contributed by atoms with van der Waals surface area (Å²) in [6.07, 6.45) is 0.519. The molecule has 4 nitrogen and oxygen atoms in total. The van der Waals surface area contributed by atoms with Crippen LogP contribution in [0.5, 0.6) is 0 Å². The average Bonchev–Trinajstić information content (AvgIpc) is 2.84. The number of aromatic nitrogens is 1. The molecule has 0 aliphatic heterocycles. The Morgan fingerprint density at radius 1 is 1.37 bits per heavy atom. The van der Waals surface area contributed by atoms with Crippen LogP contribution in [0.2, 0.25) is 0 Å². The maximum absolute atomic E-state index is 12.7. The maximum Gasteiger partial charge on any atom is 0.303 e. The highest BCUT2D eigenvalue weighted by Crippen LogP contribution is 2.17. The molecular weight excluding hydrogens is 267 g/mol. The third-order valence-corrected chi connectivity index (χ3v) is 3.35. The van der Waals surface area contributed by atoms with Crippen LogP contribution in [0.15, 0.2) is 29.6 Å². The van der Waals surface area contributed by atoms with E-state index >= 15 is 0 Å². The molecule has 0 amide bonds. The van der Waals surface area contributed by atoms with E-state index in [0.29, 0.717) is 13.0 Å². The molecule has 6 heteroatoms. The Bertz CT molecular complexity index is 554. The summed E-state index contributed by atoms with van der Waals surface area (Å²) in [5.74, 6) is -1.08. The third-order valence-electron chi connectivity index (χ3n) is 2.50. The number of nitrogens with one attached hydrogen (secondary N) is 1. The first-order valence-electron chi connectivity index (χ1n) is 5.78. The van der Waals surface area contributed by atoms with E-state index in [1.54, 1.807) is 12.1 Å². The van der Waals surface area contributed by atoms with E-state index in [0.717, 1.165) is 16.4 Å². The van der Waals surface area contributed by atoms with Crippen molar-refractivity contribution in [3.8, 4) is 0 Å². The van der Waals surface area contributed by atoms with Crippen LogP contribution >= 0.6 is 11.3 Å². The van der Waals surface area contributed by atoms with Crippen LogP contribution in [0.25, 0.3) is 0 Å². The van der Waals surface area contributed by atoms with Crippen LogP contribution in [0, 0.1) is 5.82 Å². The summed E-state index contributed by atoms with van der Waals surface area (Å²) < 4.78 is 12.7. The van der Waals surface area contributed by atoms with Crippen molar-refractivity contribution in [3.63, 3.8) is 0 Å². The van der Waals surface area contributed by atoms with Crippen molar-refractivity contribution in [2.75, 3.05) is 5.32 Å². The standard InChI is InChI=1S/C13H13FN2O2S/c14-10-3-1-9(2-4-10)7-15-13-16-11(8-19-13)5-6-12(17)18/h1-4,8H,5-7H2,(H,15,16)(H,17,18). The van der Waals surface area contributed by atoms with Gasteiger partial charge in [-0.15, -0.1) is 11.3 Å². The van der Waals surface area contributed by atoms with E-state index < -0.39 is 5.97 Å². The predicted octanol–water partition coefficient (Wildman–Crippen LogP) is 2.91. The molecule has 0 aliphatic carbocycles. The van der Waals surface area contributed by atoms with Crippen molar-refractivity contribution in [2.24, 2.45) is 0 Å². The number of hydrogen-bond donors (Lipinski definition) is 2. The second-order valence-corrected chi connectivity index (χ2v) is 4.88. The minimum atomic E-state index is -0.825. The number of hydrogen-bond acceptors (Lipinski definition) is 4. The normalized spacial score (nSPS) is 10.4. The van der Waals surface area contributed by atoms with Crippen LogP contribution in [0.1, 0.15) is 17.7 Å². The number of benzene rings is 1. The summed E-state index contributed by atoms with van der Waals surface area (Å²) in [5, 5.41) is 14.3. The number of halogens is 1. The first-order valence-corrected chi connectivity index (χ1v) is 6.66. The molecule has 1 aromatic heterocycles. The van der Waals surface area contributed by atoms with Gasteiger partial charge in [0.05, 0.1) is 12.1 Å². The summed E-state index contributed by atoms with van der Waals surface area (Å²) in [5.41, 5.74) is 1.73. The molecule has 19 heavy (non-hydrogen) atoms. The molecule has 0 radical (unpaired) electrons. The molecule has 0 bridgehead atoms. The van der Waals surface area contributed by atoms with Gasteiger partial charge in [0.2, 0.25) is 0 Å². The van der Waals surface area contributed by atoms with Gasteiger partial charge >= 0.3 is 5.97 Å². The quantitative estimate of drug-likeness (QED) is 0.854. The van der Waals surface area contributed by atoms with Gasteiger partial charge in [-0.25, -0.2) is 9.37 Å². The molecule has 0 fully saturated rings. The van der Waals surface area contributed by atoms with Crippen LogP contribution < -0.4 is 5.32 Å². The lowest BCUT2D eigenvalue weighted by molar-refractivity contribution is -0.136. The number of rotatable bonds is 6. The molecule has 0 saturated carbocycles.